The number of carbonyl (C=O) groups is 3. The summed E-state index contributed by atoms with van der Waals surface area (Å²) >= 11 is 2.58. The van der Waals surface area contributed by atoms with Gasteiger partial charge in [-0.3, -0.25) is 9.59 Å². The van der Waals surface area contributed by atoms with Gasteiger partial charge in [-0.2, -0.15) is 5.26 Å². The molecular formula is C32H27N5O4S2. The van der Waals surface area contributed by atoms with E-state index < -0.39 is 17.8 Å². The SMILES string of the molecule is CCOC(=O)c1ccc(NC(=O)C2=C(C)NC(SCC(=O)Nc3nc4ccccc4s3)=C(C#N)[C@@H]2c2ccccc2)cc1. The summed E-state index contributed by atoms with van der Waals surface area (Å²) in [5.74, 6) is -1.73. The minimum Gasteiger partial charge on any atom is -0.462 e. The average molecular weight is 610 g/mol. The summed E-state index contributed by atoms with van der Waals surface area (Å²) in [4.78, 5) is 43.0. The molecule has 1 aliphatic rings. The van der Waals surface area contributed by atoms with Gasteiger partial charge in [0.2, 0.25) is 5.91 Å². The van der Waals surface area contributed by atoms with Gasteiger partial charge in [0.05, 0.1) is 50.7 Å². The van der Waals surface area contributed by atoms with E-state index in [9.17, 15) is 19.6 Å². The zero-order chi connectivity index (χ0) is 30.3. The quantitative estimate of drug-likeness (QED) is 0.192. The maximum absolute atomic E-state index is 13.7. The van der Waals surface area contributed by atoms with Gasteiger partial charge in [0, 0.05) is 17.0 Å². The fourth-order valence-corrected chi connectivity index (χ4v) is 6.40. The molecule has 1 atom stereocenters. The van der Waals surface area contributed by atoms with Crippen LogP contribution in [-0.4, -0.2) is 35.1 Å². The number of nitrogens with one attached hydrogen (secondary N) is 3. The Labute approximate surface area is 256 Å². The van der Waals surface area contributed by atoms with E-state index in [2.05, 4.69) is 27.0 Å². The second-order valence-electron chi connectivity index (χ2n) is 9.44. The first kappa shape index (κ1) is 29.6. The topological polar surface area (TPSA) is 133 Å². The molecule has 1 aliphatic heterocycles. The number of ether oxygens (including phenoxy) is 1. The largest absolute Gasteiger partial charge is 0.462 e. The number of dihydropyridines is 1. The van der Waals surface area contributed by atoms with Crippen LogP contribution in [-0.2, 0) is 14.3 Å². The van der Waals surface area contributed by atoms with Gasteiger partial charge < -0.3 is 20.7 Å². The van der Waals surface area contributed by atoms with Crippen molar-refractivity contribution in [2.75, 3.05) is 23.0 Å². The number of para-hydroxylation sites is 1. The number of allylic oxidation sites excluding steroid dienone is 2. The summed E-state index contributed by atoms with van der Waals surface area (Å²) < 4.78 is 6.00. The first-order chi connectivity index (χ1) is 20.9. The average Bonchev–Trinajstić information content (AvgIpc) is 3.42. The smallest absolute Gasteiger partial charge is 0.338 e. The number of thiazole rings is 1. The van der Waals surface area contributed by atoms with Gasteiger partial charge in [0.25, 0.3) is 5.91 Å². The molecule has 3 N–H and O–H groups in total. The summed E-state index contributed by atoms with van der Waals surface area (Å²) in [7, 11) is 0. The highest BCUT2D eigenvalue weighted by Crippen LogP contribution is 2.41. The second-order valence-corrected chi connectivity index (χ2v) is 11.5. The third-order valence-corrected chi connectivity index (χ3v) is 8.54. The molecule has 0 aliphatic carbocycles. The number of hydrogen-bond acceptors (Lipinski definition) is 9. The van der Waals surface area contributed by atoms with Gasteiger partial charge in [0.1, 0.15) is 0 Å². The van der Waals surface area contributed by atoms with E-state index in [0.29, 0.717) is 38.3 Å². The Morgan fingerprint density at radius 3 is 2.44 bits per heavy atom. The molecule has 1 aromatic heterocycles. The molecule has 5 rings (SSSR count). The third kappa shape index (κ3) is 6.77. The van der Waals surface area contributed by atoms with Crippen LogP contribution < -0.4 is 16.0 Å². The molecule has 216 valence electrons. The number of nitrogens with zero attached hydrogens (tertiary/aromatic N) is 2. The van der Waals surface area contributed by atoms with E-state index in [1.54, 1.807) is 38.1 Å². The number of fused-ring (bicyclic) bond motifs is 1. The fourth-order valence-electron chi connectivity index (χ4n) is 4.63. The fraction of sp³-hybridized carbons (Fsp3) is 0.156. The number of benzene rings is 3. The molecule has 4 aromatic rings. The minimum absolute atomic E-state index is 0.0343. The van der Waals surface area contributed by atoms with E-state index in [1.165, 1.54) is 23.1 Å². The monoisotopic (exact) mass is 609 g/mol. The van der Waals surface area contributed by atoms with Crippen molar-refractivity contribution in [1.29, 1.82) is 5.26 Å². The lowest BCUT2D eigenvalue weighted by Gasteiger charge is -2.29. The van der Waals surface area contributed by atoms with Gasteiger partial charge in [-0.15, -0.1) is 0 Å². The summed E-state index contributed by atoms with van der Waals surface area (Å²) in [5, 5.41) is 20.2. The van der Waals surface area contributed by atoms with Crippen molar-refractivity contribution in [2.45, 2.75) is 19.8 Å². The molecule has 2 heterocycles. The predicted molar refractivity (Wildman–Crippen MR) is 169 cm³/mol. The number of nitriles is 1. The molecule has 0 fully saturated rings. The number of hydrogen-bond donors (Lipinski definition) is 3. The number of aromatic nitrogens is 1. The highest BCUT2D eigenvalue weighted by atomic mass is 32.2. The molecule has 2 amide bonds. The van der Waals surface area contributed by atoms with Crippen LogP contribution in [0.3, 0.4) is 0 Å². The molecular weight excluding hydrogens is 583 g/mol. The van der Waals surface area contributed by atoms with Crippen molar-refractivity contribution < 1.29 is 19.1 Å². The van der Waals surface area contributed by atoms with Crippen molar-refractivity contribution >= 4 is 61.9 Å². The molecule has 0 saturated carbocycles. The molecule has 9 nitrogen and oxygen atoms in total. The minimum atomic E-state index is -0.666. The Bertz CT molecular complexity index is 1760. The van der Waals surface area contributed by atoms with Crippen LogP contribution in [0.25, 0.3) is 10.2 Å². The molecule has 43 heavy (non-hydrogen) atoms. The van der Waals surface area contributed by atoms with Gasteiger partial charge in [0.15, 0.2) is 5.13 Å². The lowest BCUT2D eigenvalue weighted by Crippen LogP contribution is -2.31. The van der Waals surface area contributed by atoms with Crippen molar-refractivity contribution in [3.63, 3.8) is 0 Å². The van der Waals surface area contributed by atoms with Gasteiger partial charge in [-0.25, -0.2) is 9.78 Å². The van der Waals surface area contributed by atoms with E-state index in [0.717, 1.165) is 15.8 Å². The maximum atomic E-state index is 13.7. The first-order valence-electron chi connectivity index (χ1n) is 13.4. The number of thioether (sulfide) groups is 1. The lowest BCUT2D eigenvalue weighted by atomic mass is 9.82. The van der Waals surface area contributed by atoms with Crippen LogP contribution in [0.4, 0.5) is 10.8 Å². The molecule has 0 unspecified atom stereocenters. The van der Waals surface area contributed by atoms with Crippen LogP contribution in [0.5, 0.6) is 0 Å². The molecule has 0 radical (unpaired) electrons. The highest BCUT2D eigenvalue weighted by Gasteiger charge is 2.35. The van der Waals surface area contributed by atoms with E-state index >= 15 is 0 Å². The number of amides is 2. The Morgan fingerprint density at radius 1 is 1.02 bits per heavy atom. The van der Waals surface area contributed by atoms with Crippen molar-refractivity contribution in [3.8, 4) is 6.07 Å². The summed E-state index contributed by atoms with van der Waals surface area (Å²) in [5.41, 5.74) is 3.70. The number of anilines is 2. The standard InChI is InChI=1S/C32H27N5O4S2/c1-3-41-31(40)21-13-15-22(16-14-21)35-29(39)27-19(2)34-30(23(17-33)28(27)20-9-5-4-6-10-20)42-18-26(38)37-32-36-24-11-7-8-12-25(24)43-32/h4-16,28,34H,3,18H2,1-2H3,(H,35,39)(H,36,37,38)/t28-/m0/s1. The van der Waals surface area contributed by atoms with Gasteiger partial charge in [-0.1, -0.05) is 65.6 Å². The second kappa shape index (κ2) is 13.4. The zero-order valence-corrected chi connectivity index (χ0v) is 25.0. The number of esters is 1. The van der Waals surface area contributed by atoms with Crippen molar-refractivity contribution in [1.82, 2.24) is 10.3 Å². The first-order valence-corrected chi connectivity index (χ1v) is 15.2. The van der Waals surface area contributed by atoms with Crippen LogP contribution in [0.15, 0.2) is 101 Å². The zero-order valence-electron chi connectivity index (χ0n) is 23.3. The van der Waals surface area contributed by atoms with Gasteiger partial charge in [-0.05, 0) is 55.8 Å². The maximum Gasteiger partial charge on any atom is 0.338 e. The predicted octanol–water partition coefficient (Wildman–Crippen LogP) is 6.18. The van der Waals surface area contributed by atoms with Crippen molar-refractivity contribution in [2.24, 2.45) is 0 Å². The number of carbonyl (C=O) groups excluding carboxylic acids is 3. The van der Waals surface area contributed by atoms with Crippen LogP contribution in [0, 0.1) is 11.3 Å². The highest BCUT2D eigenvalue weighted by molar-refractivity contribution is 8.03. The normalized spacial score (nSPS) is 14.6. The van der Waals surface area contributed by atoms with E-state index in [-0.39, 0.29) is 18.3 Å². The summed E-state index contributed by atoms with van der Waals surface area (Å²) in [6.07, 6.45) is 0. The van der Waals surface area contributed by atoms with E-state index in [4.69, 9.17) is 4.74 Å². The van der Waals surface area contributed by atoms with Crippen molar-refractivity contribution in [3.05, 3.63) is 112 Å². The summed E-state index contributed by atoms with van der Waals surface area (Å²) in [6.45, 7) is 3.77. The van der Waals surface area contributed by atoms with Gasteiger partial charge >= 0.3 is 5.97 Å². The molecule has 0 saturated heterocycles. The van der Waals surface area contributed by atoms with Crippen LogP contribution in [0.1, 0.15) is 35.7 Å². The lowest BCUT2D eigenvalue weighted by molar-refractivity contribution is -0.114. The van der Waals surface area contributed by atoms with Crippen LogP contribution in [0.2, 0.25) is 0 Å². The molecule has 3 aromatic carbocycles. The Kier molecular flexibility index (Phi) is 9.20. The number of rotatable bonds is 9. The Balaban J connectivity index is 1.36. The molecule has 0 spiro atoms. The third-order valence-electron chi connectivity index (χ3n) is 6.57. The van der Waals surface area contributed by atoms with E-state index in [1.807, 2.05) is 54.6 Å². The van der Waals surface area contributed by atoms with Crippen LogP contribution >= 0.6 is 23.1 Å². The Hall–Kier alpha value is -4.92. The Morgan fingerprint density at radius 2 is 1.74 bits per heavy atom. The molecule has 11 heteroatoms. The molecule has 0 bridgehead atoms. The summed E-state index contributed by atoms with van der Waals surface area (Å²) in [6, 6.07) is 25.6.